The molecule has 2 rings (SSSR count). The molecular weight excluding hydrogens is 374 g/mol. The first-order valence-electron chi connectivity index (χ1n) is 7.98. The summed E-state index contributed by atoms with van der Waals surface area (Å²) in [6.07, 6.45) is 3.13. The van der Waals surface area contributed by atoms with Crippen LogP contribution in [0.15, 0.2) is 48.5 Å². The zero-order chi connectivity index (χ0) is 19.8. The van der Waals surface area contributed by atoms with Gasteiger partial charge in [0.1, 0.15) is 5.75 Å². The minimum absolute atomic E-state index is 0.0293. The number of allylic oxidation sites excluding steroid dienone is 1. The van der Waals surface area contributed by atoms with Crippen LogP contribution in [0.5, 0.6) is 5.75 Å². The average Bonchev–Trinajstić information content (AvgIpc) is 2.64. The Morgan fingerprint density at radius 2 is 1.89 bits per heavy atom. The van der Waals surface area contributed by atoms with E-state index in [4.69, 9.17) is 21.4 Å². The predicted molar refractivity (Wildman–Crippen MR) is 100 cm³/mol. The number of nitro groups is 1. The number of aliphatic carboxylic acids is 1. The number of non-ortho nitro benzene ring substituents is 1. The maximum atomic E-state index is 12.2. The standard InChI is InChI=1S/C19H16ClNO6/c20-17-9-6-15(21(25)26)12-14(17)5-10-18(22)13-3-7-16(8-4-13)27-11-1-2-19(23)24/h3-10,12H,1-2,11H2,(H,23,24)/b10-5+. The number of ketones is 1. The molecule has 0 aromatic heterocycles. The Hall–Kier alpha value is -3.19. The molecule has 0 spiro atoms. The highest BCUT2D eigenvalue weighted by Crippen LogP contribution is 2.23. The lowest BCUT2D eigenvalue weighted by molar-refractivity contribution is -0.384. The normalized spacial score (nSPS) is 10.7. The molecule has 0 amide bonds. The monoisotopic (exact) mass is 389 g/mol. The van der Waals surface area contributed by atoms with Crippen LogP contribution in [0.25, 0.3) is 6.08 Å². The summed E-state index contributed by atoms with van der Waals surface area (Å²) in [7, 11) is 0. The van der Waals surface area contributed by atoms with Crippen molar-refractivity contribution in [3.63, 3.8) is 0 Å². The topological polar surface area (TPSA) is 107 Å². The number of nitrogens with zero attached hydrogens (tertiary/aromatic N) is 1. The van der Waals surface area contributed by atoms with Gasteiger partial charge in [-0.05, 0) is 54.5 Å². The third-order valence-electron chi connectivity index (χ3n) is 3.55. The molecule has 0 bridgehead atoms. The number of benzene rings is 2. The molecule has 0 radical (unpaired) electrons. The fraction of sp³-hybridized carbons (Fsp3) is 0.158. The maximum Gasteiger partial charge on any atom is 0.303 e. The van der Waals surface area contributed by atoms with E-state index in [2.05, 4.69) is 0 Å². The van der Waals surface area contributed by atoms with E-state index in [9.17, 15) is 19.7 Å². The van der Waals surface area contributed by atoms with Gasteiger partial charge in [-0.25, -0.2) is 0 Å². The van der Waals surface area contributed by atoms with Crippen LogP contribution in [-0.4, -0.2) is 28.4 Å². The number of rotatable bonds is 9. The molecule has 0 heterocycles. The Morgan fingerprint density at radius 3 is 2.52 bits per heavy atom. The van der Waals surface area contributed by atoms with Gasteiger partial charge in [0, 0.05) is 29.1 Å². The van der Waals surface area contributed by atoms with Crippen molar-refractivity contribution in [3.05, 3.63) is 74.8 Å². The molecule has 0 aliphatic heterocycles. The van der Waals surface area contributed by atoms with E-state index >= 15 is 0 Å². The molecule has 8 heteroatoms. The first-order valence-corrected chi connectivity index (χ1v) is 8.35. The molecule has 0 fully saturated rings. The summed E-state index contributed by atoms with van der Waals surface area (Å²) in [4.78, 5) is 32.9. The van der Waals surface area contributed by atoms with Gasteiger partial charge in [0.15, 0.2) is 5.78 Å². The van der Waals surface area contributed by atoms with Crippen LogP contribution in [0, 0.1) is 10.1 Å². The zero-order valence-electron chi connectivity index (χ0n) is 14.1. The number of carboxylic acid groups (broad SMARTS) is 1. The lowest BCUT2D eigenvalue weighted by atomic mass is 10.1. The molecule has 27 heavy (non-hydrogen) atoms. The molecule has 2 aromatic carbocycles. The number of carbonyl (C=O) groups is 2. The average molecular weight is 390 g/mol. The van der Waals surface area contributed by atoms with Crippen LogP contribution in [0.3, 0.4) is 0 Å². The van der Waals surface area contributed by atoms with E-state index in [1.807, 2.05) is 0 Å². The summed E-state index contributed by atoms with van der Waals surface area (Å²) >= 11 is 5.99. The third-order valence-corrected chi connectivity index (χ3v) is 3.89. The Kier molecular flexibility index (Phi) is 7.08. The van der Waals surface area contributed by atoms with Crippen LogP contribution in [0.2, 0.25) is 5.02 Å². The van der Waals surface area contributed by atoms with Gasteiger partial charge in [-0.15, -0.1) is 0 Å². The van der Waals surface area contributed by atoms with Gasteiger partial charge < -0.3 is 9.84 Å². The molecule has 0 atom stereocenters. The summed E-state index contributed by atoms with van der Waals surface area (Å²) in [6.45, 7) is 0.269. The molecule has 0 unspecified atom stereocenters. The van der Waals surface area contributed by atoms with Crippen molar-refractivity contribution < 1.29 is 24.4 Å². The Morgan fingerprint density at radius 1 is 1.19 bits per heavy atom. The Bertz CT molecular complexity index is 876. The van der Waals surface area contributed by atoms with Gasteiger partial charge in [-0.2, -0.15) is 0 Å². The quantitative estimate of drug-likeness (QED) is 0.224. The van der Waals surface area contributed by atoms with Crippen LogP contribution in [-0.2, 0) is 4.79 Å². The van der Waals surface area contributed by atoms with E-state index in [-0.39, 0.29) is 24.5 Å². The summed E-state index contributed by atoms with van der Waals surface area (Å²) in [5, 5.41) is 19.7. The second-order valence-electron chi connectivity index (χ2n) is 5.53. The van der Waals surface area contributed by atoms with Crippen LogP contribution >= 0.6 is 11.6 Å². The van der Waals surface area contributed by atoms with Crippen LogP contribution in [0.4, 0.5) is 5.69 Å². The SMILES string of the molecule is O=C(O)CCCOc1ccc(C(=O)/C=C/c2cc([N+](=O)[O-])ccc2Cl)cc1. The lowest BCUT2D eigenvalue weighted by Crippen LogP contribution is -2.02. The van der Waals surface area contributed by atoms with E-state index < -0.39 is 10.9 Å². The van der Waals surface area contributed by atoms with Crippen molar-refractivity contribution in [2.75, 3.05) is 6.61 Å². The second-order valence-corrected chi connectivity index (χ2v) is 5.94. The molecule has 1 N–H and O–H groups in total. The van der Waals surface area contributed by atoms with Gasteiger partial charge >= 0.3 is 5.97 Å². The maximum absolute atomic E-state index is 12.2. The smallest absolute Gasteiger partial charge is 0.303 e. The van der Waals surface area contributed by atoms with E-state index in [1.54, 1.807) is 24.3 Å². The molecule has 0 aliphatic carbocycles. The molecule has 140 valence electrons. The highest BCUT2D eigenvalue weighted by atomic mass is 35.5. The number of carbonyl (C=O) groups excluding carboxylic acids is 1. The van der Waals surface area contributed by atoms with Gasteiger partial charge in [0.05, 0.1) is 11.5 Å². The second kappa shape index (κ2) is 9.49. The third kappa shape index (κ3) is 6.23. The molecule has 2 aromatic rings. The highest BCUT2D eigenvalue weighted by Gasteiger charge is 2.09. The van der Waals surface area contributed by atoms with Crippen molar-refractivity contribution in [1.29, 1.82) is 0 Å². The highest BCUT2D eigenvalue weighted by molar-refractivity contribution is 6.32. The fourth-order valence-corrected chi connectivity index (χ4v) is 2.34. The van der Waals surface area contributed by atoms with Crippen molar-refractivity contribution in [1.82, 2.24) is 0 Å². The van der Waals surface area contributed by atoms with Crippen LogP contribution in [0.1, 0.15) is 28.8 Å². The van der Waals surface area contributed by atoms with Crippen molar-refractivity contribution in [2.45, 2.75) is 12.8 Å². The number of hydrogen-bond acceptors (Lipinski definition) is 5. The Balaban J connectivity index is 1.99. The minimum atomic E-state index is -0.879. The number of nitro benzene ring substituents is 1. The molecule has 0 saturated heterocycles. The lowest BCUT2D eigenvalue weighted by Gasteiger charge is -2.05. The predicted octanol–water partition coefficient (Wildman–Crippen LogP) is 4.39. The molecule has 7 nitrogen and oxygen atoms in total. The summed E-state index contributed by atoms with van der Waals surface area (Å²) in [6, 6.07) is 10.4. The zero-order valence-corrected chi connectivity index (χ0v) is 14.9. The van der Waals surface area contributed by atoms with Gasteiger partial charge in [0.2, 0.25) is 0 Å². The van der Waals surface area contributed by atoms with Crippen molar-refractivity contribution in [2.24, 2.45) is 0 Å². The molecule has 0 saturated carbocycles. The number of ether oxygens (including phenoxy) is 1. The van der Waals surface area contributed by atoms with Gasteiger partial charge in [0.25, 0.3) is 5.69 Å². The Labute approximate surface area is 160 Å². The molecular formula is C19H16ClNO6. The minimum Gasteiger partial charge on any atom is -0.494 e. The van der Waals surface area contributed by atoms with E-state index in [1.165, 1.54) is 30.4 Å². The van der Waals surface area contributed by atoms with Crippen molar-refractivity contribution in [3.8, 4) is 5.75 Å². The number of hydrogen-bond donors (Lipinski definition) is 1. The van der Waals surface area contributed by atoms with E-state index in [0.717, 1.165) is 0 Å². The summed E-state index contributed by atoms with van der Waals surface area (Å²) in [5.41, 5.74) is 0.666. The van der Waals surface area contributed by atoms with E-state index in [0.29, 0.717) is 28.3 Å². The van der Waals surface area contributed by atoms with Gasteiger partial charge in [-0.1, -0.05) is 11.6 Å². The largest absolute Gasteiger partial charge is 0.494 e. The van der Waals surface area contributed by atoms with Gasteiger partial charge in [-0.3, -0.25) is 19.7 Å². The number of carboxylic acids is 1. The first kappa shape index (κ1) is 20.1. The first-order chi connectivity index (χ1) is 12.9. The fourth-order valence-electron chi connectivity index (χ4n) is 2.16. The summed E-state index contributed by atoms with van der Waals surface area (Å²) < 4.78 is 5.40. The van der Waals surface area contributed by atoms with Crippen LogP contribution < -0.4 is 4.74 Å². The number of halogens is 1. The van der Waals surface area contributed by atoms with Crippen molar-refractivity contribution >= 4 is 35.1 Å². The molecule has 0 aliphatic rings. The summed E-state index contributed by atoms with van der Waals surface area (Å²) in [5.74, 6) is -0.646.